The van der Waals surface area contributed by atoms with Crippen LogP contribution in [0.15, 0.2) is 78.0 Å². The van der Waals surface area contributed by atoms with Gasteiger partial charge in [-0.2, -0.15) is 0 Å². The van der Waals surface area contributed by atoms with E-state index in [-0.39, 0.29) is 23.9 Å². The van der Waals surface area contributed by atoms with Crippen LogP contribution in [0.2, 0.25) is 0 Å². The Balaban J connectivity index is 1.52. The fraction of sp³-hybridized carbons (Fsp3) is 0.312. The van der Waals surface area contributed by atoms with E-state index in [1.807, 2.05) is 30.3 Å². The number of carboxylic acid groups (broad SMARTS) is 1. The topological polar surface area (TPSA) is 66.8 Å². The van der Waals surface area contributed by atoms with Gasteiger partial charge in [0, 0.05) is 45.3 Å². The molecule has 2 unspecified atom stereocenters. The number of unbranched alkanes of at least 4 members (excludes halogenated alkanes) is 2. The zero-order valence-corrected chi connectivity index (χ0v) is 23.5. The van der Waals surface area contributed by atoms with Gasteiger partial charge in [0.05, 0.1) is 5.57 Å². The van der Waals surface area contributed by atoms with E-state index in [0.29, 0.717) is 12.0 Å². The first-order valence-corrected chi connectivity index (χ1v) is 14.4. The zero-order valence-electron chi connectivity index (χ0n) is 21.4. The lowest BCUT2D eigenvalue weighted by molar-refractivity contribution is -0.141. The fourth-order valence-electron chi connectivity index (χ4n) is 6.58. The van der Waals surface area contributed by atoms with Gasteiger partial charge < -0.3 is 14.7 Å². The predicted octanol–water partition coefficient (Wildman–Crippen LogP) is 7.22. The largest absolute Gasteiger partial charge is 0.481 e. The van der Waals surface area contributed by atoms with E-state index in [4.69, 9.17) is 9.84 Å². The number of halogens is 1. The Bertz CT molecular complexity index is 1510. The third-order valence-electron chi connectivity index (χ3n) is 8.25. The van der Waals surface area contributed by atoms with Crippen molar-refractivity contribution in [3.63, 3.8) is 0 Å². The van der Waals surface area contributed by atoms with Gasteiger partial charge in [-0.1, -0.05) is 55.3 Å². The molecular formula is C32H30INO4. The van der Waals surface area contributed by atoms with Gasteiger partial charge in [-0.3, -0.25) is 4.79 Å². The molecule has 0 fully saturated rings. The summed E-state index contributed by atoms with van der Waals surface area (Å²) < 4.78 is 7.28. The normalized spacial score (nSPS) is 22.1. The molecule has 6 heteroatoms. The van der Waals surface area contributed by atoms with Crippen LogP contribution in [0.4, 0.5) is 5.69 Å². The quantitative estimate of drug-likeness (QED) is 0.172. The lowest BCUT2D eigenvalue weighted by Gasteiger charge is -2.40. The first kappa shape index (κ1) is 25.2. The lowest BCUT2D eigenvalue weighted by Crippen LogP contribution is -2.41. The summed E-state index contributed by atoms with van der Waals surface area (Å²) in [6.45, 7) is 3.13. The summed E-state index contributed by atoms with van der Waals surface area (Å²) in [7, 11) is 0. The van der Waals surface area contributed by atoms with Gasteiger partial charge in [0.15, 0.2) is 0 Å². The van der Waals surface area contributed by atoms with Crippen molar-refractivity contribution in [3.05, 3.63) is 92.7 Å². The van der Waals surface area contributed by atoms with E-state index in [1.54, 1.807) is 0 Å². The van der Waals surface area contributed by atoms with Crippen molar-refractivity contribution in [2.24, 2.45) is 0 Å². The Morgan fingerprint density at radius 3 is 2.71 bits per heavy atom. The number of aliphatic carboxylic acids is 1. The smallest absolute Gasteiger partial charge is 0.339 e. The summed E-state index contributed by atoms with van der Waals surface area (Å²) in [6.07, 6.45) is 6.15. The highest BCUT2D eigenvalue weighted by molar-refractivity contribution is 14.1. The van der Waals surface area contributed by atoms with Crippen molar-refractivity contribution in [2.75, 3.05) is 11.4 Å². The van der Waals surface area contributed by atoms with E-state index < -0.39 is 5.97 Å². The third kappa shape index (κ3) is 4.23. The molecule has 1 N–H and O–H groups in total. The van der Waals surface area contributed by atoms with Crippen LogP contribution in [0, 0.1) is 3.57 Å². The SMILES string of the molecule is CC1(CCCCCC(=O)O)C2=C3C=C(c4ccccc4)C(=O)OC3CCN2c2ccc3cc(I)ccc3c21. The predicted molar refractivity (Wildman–Crippen MR) is 158 cm³/mol. The number of allylic oxidation sites excluding steroid dienone is 1. The molecule has 0 radical (unpaired) electrons. The van der Waals surface area contributed by atoms with E-state index >= 15 is 0 Å². The van der Waals surface area contributed by atoms with Gasteiger partial charge >= 0.3 is 11.9 Å². The van der Waals surface area contributed by atoms with Gasteiger partial charge in [0.1, 0.15) is 6.10 Å². The van der Waals surface area contributed by atoms with Crippen LogP contribution >= 0.6 is 22.6 Å². The summed E-state index contributed by atoms with van der Waals surface area (Å²) >= 11 is 2.36. The number of ether oxygens (including phenoxy) is 1. The van der Waals surface area contributed by atoms with Crippen molar-refractivity contribution in [2.45, 2.75) is 57.0 Å². The summed E-state index contributed by atoms with van der Waals surface area (Å²) in [6, 6.07) is 20.9. The molecule has 3 aromatic carbocycles. The molecule has 0 aliphatic carbocycles. The van der Waals surface area contributed by atoms with Crippen LogP contribution in [0.3, 0.4) is 0 Å². The Kier molecular flexibility index (Phi) is 6.54. The minimum atomic E-state index is -0.739. The maximum Gasteiger partial charge on any atom is 0.339 e. The van der Waals surface area contributed by atoms with Crippen molar-refractivity contribution in [3.8, 4) is 0 Å². The molecule has 3 aliphatic heterocycles. The number of benzene rings is 3. The molecule has 0 saturated heterocycles. The van der Waals surface area contributed by atoms with Gasteiger partial charge in [0.2, 0.25) is 0 Å². The number of rotatable bonds is 7. The standard InChI is InChI=1S/C32H30INO4/c1-32(16-7-3-6-10-28(35)36)29-23-13-12-22(33)18-21(23)11-14-26(29)34-17-15-27-25(30(32)34)19-24(31(37)38-27)20-8-4-2-5-9-20/h2,4-5,8-9,11-14,18-19,27H,3,6-7,10,15-17H2,1H3,(H,35,36). The Labute approximate surface area is 236 Å². The van der Waals surface area contributed by atoms with E-state index in [0.717, 1.165) is 43.4 Å². The molecule has 194 valence electrons. The maximum absolute atomic E-state index is 13.1. The molecule has 0 saturated carbocycles. The molecule has 2 atom stereocenters. The number of anilines is 1. The number of fused-ring (bicyclic) bond motifs is 6. The van der Waals surface area contributed by atoms with E-state index in [1.165, 1.54) is 31.3 Å². The fourth-order valence-corrected chi connectivity index (χ4v) is 7.09. The molecule has 3 heterocycles. The molecule has 5 nitrogen and oxygen atoms in total. The molecule has 38 heavy (non-hydrogen) atoms. The summed E-state index contributed by atoms with van der Waals surface area (Å²) in [5.74, 6) is -0.998. The highest BCUT2D eigenvalue weighted by Crippen LogP contribution is 2.57. The minimum Gasteiger partial charge on any atom is -0.481 e. The minimum absolute atomic E-state index is 0.204. The highest BCUT2D eigenvalue weighted by atomic mass is 127. The molecule has 3 aromatic rings. The number of hydrogen-bond acceptors (Lipinski definition) is 4. The van der Waals surface area contributed by atoms with E-state index in [9.17, 15) is 9.59 Å². The summed E-state index contributed by atoms with van der Waals surface area (Å²) in [5, 5.41) is 11.6. The van der Waals surface area contributed by atoms with Crippen LogP contribution in [0.25, 0.3) is 16.3 Å². The summed E-state index contributed by atoms with van der Waals surface area (Å²) in [5.41, 5.74) is 6.07. The van der Waals surface area contributed by atoms with Gasteiger partial charge in [-0.15, -0.1) is 0 Å². The number of esters is 1. The first-order chi connectivity index (χ1) is 18.4. The Hall–Kier alpha value is -3.13. The van der Waals surface area contributed by atoms with Crippen molar-refractivity contribution in [1.29, 1.82) is 0 Å². The molecule has 0 amide bonds. The van der Waals surface area contributed by atoms with Crippen LogP contribution in [-0.2, 0) is 19.7 Å². The molecule has 6 rings (SSSR count). The third-order valence-corrected chi connectivity index (χ3v) is 8.92. The van der Waals surface area contributed by atoms with Crippen molar-refractivity contribution < 1.29 is 19.4 Å². The number of nitrogens with zero attached hydrogens (tertiary/aromatic N) is 1. The average molecular weight is 619 g/mol. The maximum atomic E-state index is 13.1. The van der Waals surface area contributed by atoms with Crippen LogP contribution < -0.4 is 4.90 Å². The van der Waals surface area contributed by atoms with Gasteiger partial charge in [0.25, 0.3) is 0 Å². The number of carboxylic acids is 1. The molecule has 0 spiro atoms. The lowest BCUT2D eigenvalue weighted by atomic mass is 9.72. The van der Waals surface area contributed by atoms with Gasteiger partial charge in [-0.05, 0) is 88.5 Å². The number of carbonyl (C=O) groups excluding carboxylic acids is 1. The Morgan fingerprint density at radius 1 is 1.11 bits per heavy atom. The van der Waals surface area contributed by atoms with Crippen molar-refractivity contribution >= 4 is 56.6 Å². The van der Waals surface area contributed by atoms with E-state index in [2.05, 4.69) is 70.8 Å². The first-order valence-electron chi connectivity index (χ1n) is 13.3. The van der Waals surface area contributed by atoms with Crippen molar-refractivity contribution in [1.82, 2.24) is 0 Å². The average Bonchev–Trinajstić information content (AvgIpc) is 3.17. The van der Waals surface area contributed by atoms with Crippen LogP contribution in [0.1, 0.15) is 56.6 Å². The monoisotopic (exact) mass is 619 g/mol. The van der Waals surface area contributed by atoms with Crippen LogP contribution in [-0.4, -0.2) is 29.7 Å². The van der Waals surface area contributed by atoms with Gasteiger partial charge in [-0.25, -0.2) is 4.79 Å². The van der Waals surface area contributed by atoms with Crippen LogP contribution in [0.5, 0.6) is 0 Å². The summed E-state index contributed by atoms with van der Waals surface area (Å²) in [4.78, 5) is 26.6. The number of hydrogen-bond donors (Lipinski definition) is 1. The molecule has 0 bridgehead atoms. The molecule has 3 aliphatic rings. The number of carbonyl (C=O) groups is 2. The highest BCUT2D eigenvalue weighted by Gasteiger charge is 2.49. The second kappa shape index (κ2) is 9.88. The molecular weight excluding hydrogens is 589 g/mol. The molecule has 0 aromatic heterocycles. The second-order valence-corrected chi connectivity index (χ2v) is 11.9. The Morgan fingerprint density at radius 2 is 1.92 bits per heavy atom. The second-order valence-electron chi connectivity index (χ2n) is 10.7. The zero-order chi connectivity index (χ0) is 26.4.